The average molecular weight is 827 g/mol. The van der Waals surface area contributed by atoms with Crippen LogP contribution in [0.1, 0.15) is 80.3 Å². The van der Waals surface area contributed by atoms with E-state index in [-0.39, 0.29) is 44.0 Å². The van der Waals surface area contributed by atoms with Crippen LogP contribution in [0.15, 0.2) is 30.5 Å². The van der Waals surface area contributed by atoms with E-state index in [1.165, 1.54) is 18.9 Å². The number of aliphatic hydroxyl groups is 1. The third kappa shape index (κ3) is 9.54. The van der Waals surface area contributed by atoms with Gasteiger partial charge in [0.05, 0.1) is 60.0 Å². The molecular formula is C42H62N6O11. The van der Waals surface area contributed by atoms with Crippen molar-refractivity contribution in [3.63, 3.8) is 0 Å². The summed E-state index contributed by atoms with van der Waals surface area (Å²) in [6, 6.07) is 5.39. The highest BCUT2D eigenvalue weighted by Crippen LogP contribution is 2.43. The normalized spacial score (nSPS) is 36.2. The standard InChI is InChI=1S/C42H62N6O11/c1-12-31-42(8)35(48(40(54)59-42)21-45-39(53)44-20-27-19-43-28-15-13-14-16-29(28)46-27)24(4)32(49)22(2)18-41(7,55-11)36(25(5)33(50)26(6)37(52)57-31)58-38-34(51)30(47(9)10)17-23(3)56-38/h13-16,19,22-26,30-31,34-36,38,51H,12,17-18,20-21H2,1-11H3,(H2,44,45,53)/t22-,23-,24+,25+,26-,30+,31-,34-,35-,36-,38+,41-,42-/m1/s1. The van der Waals surface area contributed by atoms with Gasteiger partial charge in [0.2, 0.25) is 0 Å². The first-order chi connectivity index (χ1) is 27.8. The Labute approximate surface area is 346 Å². The summed E-state index contributed by atoms with van der Waals surface area (Å²) < 4.78 is 30.9. The lowest BCUT2D eigenvalue weighted by Crippen LogP contribution is -2.60. The minimum atomic E-state index is -1.57. The molecule has 13 atom stereocenters. The lowest BCUT2D eigenvalue weighted by molar-refractivity contribution is -0.295. The zero-order valence-electron chi connectivity index (χ0n) is 36.1. The van der Waals surface area contributed by atoms with Crippen molar-refractivity contribution in [2.45, 2.75) is 135 Å². The number of fused-ring (bicyclic) bond motifs is 2. The average Bonchev–Trinajstić information content (AvgIpc) is 3.47. The maximum Gasteiger partial charge on any atom is 0.412 e. The molecule has 59 heavy (non-hydrogen) atoms. The number of hydrogen-bond donors (Lipinski definition) is 3. The fraction of sp³-hybridized carbons (Fsp3) is 0.690. The molecule has 1 aromatic heterocycles. The fourth-order valence-corrected chi connectivity index (χ4v) is 9.11. The molecule has 3 fully saturated rings. The highest BCUT2D eigenvalue weighted by atomic mass is 16.7. The Balaban J connectivity index is 1.44. The van der Waals surface area contributed by atoms with E-state index in [1.807, 2.05) is 50.2 Å². The molecule has 0 saturated carbocycles. The molecule has 3 aliphatic rings. The van der Waals surface area contributed by atoms with Crippen molar-refractivity contribution in [3.05, 3.63) is 36.2 Å². The Morgan fingerprint density at radius 1 is 1.02 bits per heavy atom. The zero-order valence-corrected chi connectivity index (χ0v) is 36.1. The van der Waals surface area contributed by atoms with E-state index in [9.17, 15) is 29.1 Å². The molecule has 5 rings (SSSR count). The Morgan fingerprint density at radius 3 is 2.34 bits per heavy atom. The van der Waals surface area contributed by atoms with Gasteiger partial charge >= 0.3 is 18.1 Å². The van der Waals surface area contributed by atoms with Gasteiger partial charge in [0, 0.05) is 30.9 Å². The number of carbonyl (C=O) groups is 5. The summed E-state index contributed by atoms with van der Waals surface area (Å²) in [5, 5.41) is 16.9. The van der Waals surface area contributed by atoms with Crippen LogP contribution in [0, 0.1) is 23.7 Å². The van der Waals surface area contributed by atoms with E-state index in [4.69, 9.17) is 23.7 Å². The predicted molar refractivity (Wildman–Crippen MR) is 214 cm³/mol. The monoisotopic (exact) mass is 826 g/mol. The van der Waals surface area contributed by atoms with Crippen molar-refractivity contribution in [3.8, 4) is 0 Å². The van der Waals surface area contributed by atoms with Crippen LogP contribution >= 0.6 is 0 Å². The maximum absolute atomic E-state index is 14.7. The number of carbonyl (C=O) groups excluding carboxylic acids is 5. The molecule has 3 amide bonds. The number of methoxy groups -OCH3 is 1. The molecule has 3 saturated heterocycles. The van der Waals surface area contributed by atoms with Gasteiger partial charge in [-0.05, 0) is 73.2 Å². The van der Waals surface area contributed by atoms with Gasteiger partial charge in [0.1, 0.15) is 23.9 Å². The van der Waals surface area contributed by atoms with Crippen LogP contribution in [0.3, 0.4) is 0 Å². The van der Waals surface area contributed by atoms with Crippen LogP contribution in [0.25, 0.3) is 11.0 Å². The van der Waals surface area contributed by atoms with Gasteiger partial charge in [-0.3, -0.25) is 24.3 Å². The summed E-state index contributed by atoms with van der Waals surface area (Å²) in [4.78, 5) is 81.8. The first-order valence-electron chi connectivity index (χ1n) is 20.5. The van der Waals surface area contributed by atoms with Crippen molar-refractivity contribution in [1.29, 1.82) is 0 Å². The number of amides is 3. The maximum atomic E-state index is 14.7. The number of likely N-dealkylation sites (N-methyl/N-ethyl adjacent to an activating group) is 1. The number of benzene rings is 1. The molecule has 17 heteroatoms. The number of rotatable bonds is 9. The molecule has 4 heterocycles. The number of aliphatic hydroxyl groups excluding tert-OH is 1. The Kier molecular flexibility index (Phi) is 14.4. The summed E-state index contributed by atoms with van der Waals surface area (Å²) in [6.45, 7) is 13.1. The molecular weight excluding hydrogens is 764 g/mol. The number of hydrogen-bond acceptors (Lipinski definition) is 14. The van der Waals surface area contributed by atoms with E-state index < -0.39 is 89.4 Å². The lowest BCUT2D eigenvalue weighted by atomic mass is 9.73. The van der Waals surface area contributed by atoms with Crippen molar-refractivity contribution in [2.24, 2.45) is 23.7 Å². The number of nitrogens with zero attached hydrogens (tertiary/aromatic N) is 4. The predicted octanol–water partition coefficient (Wildman–Crippen LogP) is 3.59. The third-order valence-corrected chi connectivity index (χ3v) is 12.5. The molecule has 2 aromatic rings. The summed E-state index contributed by atoms with van der Waals surface area (Å²) in [6.07, 6.45) is -3.21. The Morgan fingerprint density at radius 2 is 1.69 bits per heavy atom. The number of cyclic esters (lactones) is 1. The minimum absolute atomic E-state index is 0.0507. The number of nitrogens with one attached hydrogen (secondary N) is 2. The minimum Gasteiger partial charge on any atom is -0.458 e. The number of ether oxygens (including phenoxy) is 5. The van der Waals surface area contributed by atoms with Crippen molar-refractivity contribution >= 4 is 40.7 Å². The molecule has 3 N–H and O–H groups in total. The number of esters is 1. The van der Waals surface area contributed by atoms with E-state index in [0.717, 1.165) is 0 Å². The highest BCUT2D eigenvalue weighted by molar-refractivity contribution is 6.00. The zero-order chi connectivity index (χ0) is 43.6. The largest absolute Gasteiger partial charge is 0.458 e. The Hall–Kier alpha value is -4.29. The van der Waals surface area contributed by atoms with Crippen LogP contribution < -0.4 is 10.6 Å². The summed E-state index contributed by atoms with van der Waals surface area (Å²) >= 11 is 0. The van der Waals surface area contributed by atoms with Crippen molar-refractivity contribution < 1.29 is 52.8 Å². The van der Waals surface area contributed by atoms with E-state index in [1.54, 1.807) is 47.7 Å². The van der Waals surface area contributed by atoms with Crippen LogP contribution in [0.2, 0.25) is 0 Å². The van der Waals surface area contributed by atoms with Crippen LogP contribution in [-0.2, 0) is 44.6 Å². The quantitative estimate of drug-likeness (QED) is 0.244. The second-order valence-corrected chi connectivity index (χ2v) is 17.0. The summed E-state index contributed by atoms with van der Waals surface area (Å²) in [5.74, 6) is -5.58. The van der Waals surface area contributed by atoms with Gasteiger partial charge < -0.3 is 44.3 Å². The van der Waals surface area contributed by atoms with E-state index >= 15 is 0 Å². The summed E-state index contributed by atoms with van der Waals surface area (Å²) in [7, 11) is 5.16. The van der Waals surface area contributed by atoms with E-state index in [2.05, 4.69) is 20.6 Å². The van der Waals surface area contributed by atoms with Crippen molar-refractivity contribution in [2.75, 3.05) is 27.9 Å². The second-order valence-electron chi connectivity index (χ2n) is 17.0. The van der Waals surface area contributed by atoms with Crippen molar-refractivity contribution in [1.82, 2.24) is 30.4 Å². The van der Waals surface area contributed by atoms with Gasteiger partial charge in [-0.15, -0.1) is 0 Å². The molecule has 0 unspecified atom stereocenters. The van der Waals surface area contributed by atoms with Gasteiger partial charge in [-0.1, -0.05) is 39.8 Å². The van der Waals surface area contributed by atoms with Crippen LogP contribution in [0.5, 0.6) is 0 Å². The van der Waals surface area contributed by atoms with Gasteiger partial charge in [0.25, 0.3) is 0 Å². The SMILES string of the molecule is CC[C@H]1OC(=O)[C@H](C)C(=O)[C@H](C)[C@@H](O[C@@H]2O[C@H](C)C[C@H](N(C)C)[C@H]2O)[C@](C)(OC)C[C@@H](C)C(=O)[C@H](C)[C@H]2N(CNC(=O)NCc3cnc4ccccc4n3)C(=O)O[C@]12C. The number of para-hydroxylation sites is 2. The molecule has 0 bridgehead atoms. The van der Waals surface area contributed by atoms with Gasteiger partial charge in [0.15, 0.2) is 17.7 Å². The molecule has 0 radical (unpaired) electrons. The topological polar surface area (TPSA) is 208 Å². The number of ketones is 2. The highest BCUT2D eigenvalue weighted by Gasteiger charge is 2.60. The second kappa shape index (κ2) is 18.5. The van der Waals surface area contributed by atoms with E-state index in [0.29, 0.717) is 23.1 Å². The van der Waals surface area contributed by atoms with Gasteiger partial charge in [-0.25, -0.2) is 14.6 Å². The molecule has 0 aliphatic carbocycles. The van der Waals surface area contributed by atoms with Crippen LogP contribution in [-0.4, -0.2) is 136 Å². The third-order valence-electron chi connectivity index (χ3n) is 12.5. The number of aromatic nitrogens is 2. The first-order valence-corrected chi connectivity index (χ1v) is 20.5. The molecule has 0 spiro atoms. The smallest absolute Gasteiger partial charge is 0.412 e. The molecule has 17 nitrogen and oxygen atoms in total. The number of Topliss-reactive ketones (excluding diaryl/α,β-unsaturated/α-hetero) is 2. The van der Waals surface area contributed by atoms with Gasteiger partial charge in [-0.2, -0.15) is 0 Å². The molecule has 1 aromatic carbocycles. The lowest BCUT2D eigenvalue weighted by Gasteiger charge is -2.47. The number of urea groups is 1. The molecule has 3 aliphatic heterocycles. The fourth-order valence-electron chi connectivity index (χ4n) is 9.11. The summed E-state index contributed by atoms with van der Waals surface area (Å²) in [5.41, 5.74) is -0.998. The van der Waals surface area contributed by atoms with Crippen LogP contribution in [0.4, 0.5) is 9.59 Å². The first kappa shape index (κ1) is 45.8. The Bertz CT molecular complexity index is 1870. The molecule has 326 valence electrons.